The van der Waals surface area contributed by atoms with Gasteiger partial charge in [-0.2, -0.15) is 18.3 Å². The average molecular weight is 579 g/mol. The van der Waals surface area contributed by atoms with Gasteiger partial charge in [0.2, 0.25) is 5.91 Å². The van der Waals surface area contributed by atoms with Gasteiger partial charge in [-0.3, -0.25) is 9.48 Å². The van der Waals surface area contributed by atoms with E-state index < -0.39 is 24.4 Å². The number of aromatic nitrogens is 3. The van der Waals surface area contributed by atoms with Crippen LogP contribution in [0.5, 0.6) is 0 Å². The zero-order valence-electron chi connectivity index (χ0n) is 21.2. The number of hydrogen-bond acceptors (Lipinski definition) is 6. The summed E-state index contributed by atoms with van der Waals surface area (Å²) in [4.78, 5) is 24.8. The molecule has 2 aromatic heterocycles. The summed E-state index contributed by atoms with van der Waals surface area (Å²) in [5.41, 5.74) is 0.908. The van der Waals surface area contributed by atoms with Crippen molar-refractivity contribution in [2.45, 2.75) is 69.2 Å². The number of carbonyl (C=O) groups is 1. The van der Waals surface area contributed by atoms with Crippen LogP contribution in [0.1, 0.15) is 89.7 Å². The molecule has 1 saturated heterocycles. The molecule has 2 aliphatic heterocycles. The number of nitrogens with zero attached hydrogens (tertiary/aromatic N) is 5. The van der Waals surface area contributed by atoms with E-state index in [0.29, 0.717) is 49.5 Å². The van der Waals surface area contributed by atoms with Crippen LogP contribution in [0.4, 0.5) is 22.0 Å². The number of thiazole rings is 1. The van der Waals surface area contributed by atoms with Crippen LogP contribution in [0.3, 0.4) is 0 Å². The number of amides is 1. The van der Waals surface area contributed by atoms with Gasteiger partial charge in [0.05, 0.1) is 10.7 Å². The number of halogens is 5. The molecule has 1 amide bonds. The fourth-order valence-electron chi connectivity index (χ4n) is 5.23. The zero-order chi connectivity index (χ0) is 28.0. The van der Waals surface area contributed by atoms with Crippen LogP contribution in [0, 0.1) is 6.07 Å². The molecule has 1 unspecified atom stereocenters. The van der Waals surface area contributed by atoms with Crippen LogP contribution in [-0.2, 0) is 22.4 Å². The van der Waals surface area contributed by atoms with Gasteiger partial charge in [0.25, 0.3) is 6.43 Å². The summed E-state index contributed by atoms with van der Waals surface area (Å²) in [5, 5.41) is 10.6. The monoisotopic (exact) mass is 578 g/mol. The molecule has 1 saturated carbocycles. The summed E-state index contributed by atoms with van der Waals surface area (Å²) in [7, 11) is 0. The number of hydrogen-bond donors (Lipinski definition) is 0. The third-order valence-electron chi connectivity index (χ3n) is 7.54. The molecule has 1 aromatic carbocycles. The van der Waals surface area contributed by atoms with Gasteiger partial charge in [0.1, 0.15) is 12.3 Å². The van der Waals surface area contributed by atoms with Crippen molar-refractivity contribution in [2.75, 3.05) is 13.1 Å². The van der Waals surface area contributed by atoms with Crippen molar-refractivity contribution in [1.29, 1.82) is 0 Å². The maximum Gasteiger partial charge on any atom is 0.435 e. The molecule has 0 N–H and O–H groups in total. The molecule has 7 nitrogen and oxygen atoms in total. The van der Waals surface area contributed by atoms with Crippen molar-refractivity contribution in [3.63, 3.8) is 0 Å². The van der Waals surface area contributed by atoms with Gasteiger partial charge in [-0.25, -0.2) is 13.8 Å². The Labute approximate surface area is 230 Å². The molecule has 0 spiro atoms. The van der Waals surface area contributed by atoms with Gasteiger partial charge in [0, 0.05) is 53.5 Å². The summed E-state index contributed by atoms with van der Waals surface area (Å²) in [5.74, 6) is -0.0945. The maximum atomic E-state index is 13.4. The lowest BCUT2D eigenvalue weighted by Crippen LogP contribution is -2.40. The Bertz CT molecular complexity index is 1420. The Hall–Kier alpha value is -3.35. The second kappa shape index (κ2) is 10.6. The average Bonchev–Trinajstić information content (AvgIpc) is 3.31. The van der Waals surface area contributed by atoms with E-state index in [-0.39, 0.29) is 35.4 Å². The summed E-state index contributed by atoms with van der Waals surface area (Å²) >= 11 is 1.48. The van der Waals surface area contributed by atoms with Gasteiger partial charge in [-0.1, -0.05) is 23.4 Å². The molecule has 6 rings (SSSR count). The Kier molecular flexibility index (Phi) is 7.09. The van der Waals surface area contributed by atoms with Gasteiger partial charge in [0.15, 0.2) is 11.8 Å². The number of benzene rings is 1. The number of oxime groups is 1. The van der Waals surface area contributed by atoms with Gasteiger partial charge in [-0.05, 0) is 37.8 Å². The van der Waals surface area contributed by atoms with Crippen molar-refractivity contribution in [2.24, 2.45) is 5.16 Å². The Balaban J connectivity index is 1.05. The standard InChI is InChI=1S/C27H25F5N5O2S/c28-25(29)18-4-2-1-3-17(18)22-11-19(35-39-22)20-14-40-26(33-20)16-7-9-36(10-8-16)24(38)13-37-21(15-5-6-15)12-23(34-37)27(30,31)32/h1-2,4,12,14-16,22,25H,5-11,13H2. The van der Waals surface area contributed by atoms with Crippen LogP contribution < -0.4 is 0 Å². The largest absolute Gasteiger partial charge is 0.435 e. The van der Waals surface area contributed by atoms with E-state index in [1.165, 1.54) is 28.2 Å². The predicted molar refractivity (Wildman–Crippen MR) is 135 cm³/mol. The first kappa shape index (κ1) is 26.9. The quantitative estimate of drug-likeness (QED) is 0.311. The molecule has 211 valence electrons. The molecular formula is C27H25F5N5O2S. The van der Waals surface area contributed by atoms with Gasteiger partial charge >= 0.3 is 6.18 Å². The van der Waals surface area contributed by atoms with Crippen LogP contribution in [-0.4, -0.2) is 44.4 Å². The van der Waals surface area contributed by atoms with Crippen molar-refractivity contribution in [3.8, 4) is 0 Å². The fourth-order valence-corrected chi connectivity index (χ4v) is 6.23. The normalized spacial score (nSPS) is 20.2. The molecule has 4 heterocycles. The predicted octanol–water partition coefficient (Wildman–Crippen LogP) is 6.25. The summed E-state index contributed by atoms with van der Waals surface area (Å²) in [6.45, 7) is 0.731. The molecule has 1 aliphatic carbocycles. The lowest BCUT2D eigenvalue weighted by atomic mass is 9.97. The molecule has 13 heteroatoms. The second-order valence-electron chi connectivity index (χ2n) is 10.3. The molecular weight excluding hydrogens is 553 g/mol. The van der Waals surface area contributed by atoms with Crippen LogP contribution in [0.2, 0.25) is 0 Å². The molecule has 0 bridgehead atoms. The number of rotatable bonds is 7. The highest BCUT2D eigenvalue weighted by Crippen LogP contribution is 2.42. The SMILES string of the molecule is O=C(Cn1nc(C(F)(F)F)cc1C1CC1)N1CCC(c2nc(C3=NOC(c4[c]cccc4C(F)F)C3)cs2)CC1. The molecule has 2 fully saturated rings. The molecule has 3 aliphatic rings. The first-order chi connectivity index (χ1) is 19.2. The molecule has 1 atom stereocenters. The van der Waals surface area contributed by atoms with Crippen LogP contribution >= 0.6 is 11.3 Å². The Morgan fingerprint density at radius 3 is 2.65 bits per heavy atom. The van der Waals surface area contributed by atoms with Crippen LogP contribution in [0.25, 0.3) is 0 Å². The van der Waals surface area contributed by atoms with Crippen molar-refractivity contribution in [3.05, 3.63) is 68.9 Å². The van der Waals surface area contributed by atoms with Gasteiger partial charge < -0.3 is 9.74 Å². The first-order valence-corrected chi connectivity index (χ1v) is 13.9. The summed E-state index contributed by atoms with van der Waals surface area (Å²) in [6.07, 6.45) is -4.58. The van der Waals surface area contributed by atoms with Crippen molar-refractivity contribution in [1.82, 2.24) is 19.7 Å². The molecule has 3 aromatic rings. The highest BCUT2D eigenvalue weighted by Gasteiger charge is 2.38. The lowest BCUT2D eigenvalue weighted by Gasteiger charge is -2.31. The van der Waals surface area contributed by atoms with E-state index in [1.54, 1.807) is 11.0 Å². The topological polar surface area (TPSA) is 72.6 Å². The highest BCUT2D eigenvalue weighted by atomic mass is 32.1. The smallest absolute Gasteiger partial charge is 0.387 e. The minimum absolute atomic E-state index is 0.0311. The van der Waals surface area contributed by atoms with Crippen molar-refractivity contribution < 1.29 is 31.6 Å². The van der Waals surface area contributed by atoms with E-state index in [9.17, 15) is 26.7 Å². The molecule has 40 heavy (non-hydrogen) atoms. The van der Waals surface area contributed by atoms with E-state index in [1.807, 2.05) is 5.38 Å². The third-order valence-corrected chi connectivity index (χ3v) is 8.55. The zero-order valence-corrected chi connectivity index (χ0v) is 22.0. The lowest BCUT2D eigenvalue weighted by molar-refractivity contribution is -0.142. The highest BCUT2D eigenvalue weighted by molar-refractivity contribution is 7.10. The fraction of sp³-hybridized carbons (Fsp3) is 0.481. The maximum absolute atomic E-state index is 13.4. The minimum Gasteiger partial charge on any atom is -0.387 e. The molecule has 1 radical (unpaired) electrons. The van der Waals surface area contributed by atoms with Crippen LogP contribution in [0.15, 0.2) is 34.8 Å². The Morgan fingerprint density at radius 2 is 1.95 bits per heavy atom. The number of likely N-dealkylation sites (tertiary alicyclic amines) is 1. The summed E-state index contributed by atoms with van der Waals surface area (Å²) in [6, 6.07) is 8.36. The summed E-state index contributed by atoms with van der Waals surface area (Å²) < 4.78 is 67.6. The number of alkyl halides is 5. The van der Waals surface area contributed by atoms with Crippen molar-refractivity contribution >= 4 is 23.0 Å². The first-order valence-electron chi connectivity index (χ1n) is 13.1. The van der Waals surface area contributed by atoms with E-state index in [4.69, 9.17) is 9.82 Å². The van der Waals surface area contributed by atoms with E-state index >= 15 is 0 Å². The minimum atomic E-state index is -4.55. The number of carbonyl (C=O) groups excluding carboxylic acids is 1. The van der Waals surface area contributed by atoms with E-state index in [0.717, 1.165) is 23.9 Å². The third kappa shape index (κ3) is 5.48. The second-order valence-corrected chi connectivity index (χ2v) is 11.2. The van der Waals surface area contributed by atoms with Gasteiger partial charge in [-0.15, -0.1) is 11.3 Å². The Morgan fingerprint density at radius 1 is 1.18 bits per heavy atom. The number of piperidine rings is 1. The van der Waals surface area contributed by atoms with E-state index in [2.05, 4.69) is 16.3 Å².